The molecule has 1 heterocycles. The molecule has 0 bridgehead atoms. The van der Waals surface area contributed by atoms with Crippen LogP contribution < -0.4 is 0 Å². The molecule has 1 aromatic heterocycles. The fourth-order valence-electron chi connectivity index (χ4n) is 7.21. The van der Waals surface area contributed by atoms with Crippen molar-refractivity contribution in [2.24, 2.45) is 35.0 Å². The molecule has 0 radical (unpaired) electrons. The van der Waals surface area contributed by atoms with E-state index in [0.29, 0.717) is 5.41 Å². The van der Waals surface area contributed by atoms with Crippen LogP contribution in [0.2, 0.25) is 0 Å². The molecule has 0 aliphatic heterocycles. The first-order valence-electron chi connectivity index (χ1n) is 10.1. The van der Waals surface area contributed by atoms with Crippen molar-refractivity contribution < 1.29 is 5.11 Å². The predicted octanol–water partition coefficient (Wildman–Crippen LogP) is 5.75. The van der Waals surface area contributed by atoms with Crippen LogP contribution in [0.3, 0.4) is 0 Å². The summed E-state index contributed by atoms with van der Waals surface area (Å²) in [6.45, 7) is 2.57. The zero-order valence-electron chi connectivity index (χ0n) is 14.8. The predicted molar refractivity (Wildman–Crippen MR) is 101 cm³/mol. The standard InChI is InChI=1S/C22H30OS/c1-22-11-10-17-16-7-5-15(23)13-14(16)4-6-18(17)19(22)8-9-20(22)21-3-2-12-24-21/h2-3,9,12,14-19,23H,4-8,10-11,13H2,1H3/t14-,15-,16+,17-,18-,19+,22+/m1/s1. The molecule has 24 heavy (non-hydrogen) atoms. The molecule has 0 amide bonds. The molecule has 130 valence electrons. The summed E-state index contributed by atoms with van der Waals surface area (Å²) in [6, 6.07) is 4.54. The molecule has 0 unspecified atom stereocenters. The molecule has 5 rings (SSSR count). The van der Waals surface area contributed by atoms with E-state index in [4.69, 9.17) is 0 Å². The van der Waals surface area contributed by atoms with Gasteiger partial charge in [0.1, 0.15) is 0 Å². The lowest BCUT2D eigenvalue weighted by atomic mass is 9.49. The summed E-state index contributed by atoms with van der Waals surface area (Å²) >= 11 is 1.93. The first-order valence-corrected chi connectivity index (χ1v) is 11.0. The first-order chi connectivity index (χ1) is 11.7. The molecule has 1 N–H and O–H groups in total. The molecule has 1 nitrogen and oxygen atoms in total. The van der Waals surface area contributed by atoms with Gasteiger partial charge in [-0.2, -0.15) is 0 Å². The van der Waals surface area contributed by atoms with Gasteiger partial charge in [-0.15, -0.1) is 11.3 Å². The number of hydrogen-bond donors (Lipinski definition) is 1. The molecule has 3 fully saturated rings. The molecule has 1 aromatic rings. The second-order valence-electron chi connectivity index (χ2n) is 9.19. The summed E-state index contributed by atoms with van der Waals surface area (Å²) in [6.07, 6.45) is 13.0. The molecular formula is C22H30OS. The van der Waals surface area contributed by atoms with Crippen LogP contribution >= 0.6 is 11.3 Å². The molecule has 0 saturated heterocycles. The van der Waals surface area contributed by atoms with E-state index in [1.54, 1.807) is 5.57 Å². The topological polar surface area (TPSA) is 20.2 Å². The molecular weight excluding hydrogens is 312 g/mol. The first kappa shape index (κ1) is 15.6. The molecule has 3 saturated carbocycles. The highest BCUT2D eigenvalue weighted by Crippen LogP contribution is 2.64. The Balaban J connectivity index is 1.41. The number of allylic oxidation sites excluding steroid dienone is 2. The van der Waals surface area contributed by atoms with Gasteiger partial charge in [-0.05, 0) is 103 Å². The monoisotopic (exact) mass is 342 g/mol. The Morgan fingerprint density at radius 3 is 2.79 bits per heavy atom. The van der Waals surface area contributed by atoms with Crippen molar-refractivity contribution >= 4 is 16.9 Å². The van der Waals surface area contributed by atoms with Crippen LogP contribution in [0, 0.1) is 35.0 Å². The molecule has 7 atom stereocenters. The average Bonchev–Trinajstić information content (AvgIpc) is 3.20. The summed E-state index contributed by atoms with van der Waals surface area (Å²) in [7, 11) is 0. The summed E-state index contributed by atoms with van der Waals surface area (Å²) < 4.78 is 0. The average molecular weight is 343 g/mol. The van der Waals surface area contributed by atoms with Crippen molar-refractivity contribution in [3.05, 3.63) is 28.5 Å². The van der Waals surface area contributed by atoms with Crippen LogP contribution in [0.1, 0.15) is 63.2 Å². The Hall–Kier alpha value is -0.600. The molecule has 4 aliphatic rings. The van der Waals surface area contributed by atoms with Crippen LogP contribution in [0.15, 0.2) is 23.6 Å². The van der Waals surface area contributed by atoms with Crippen molar-refractivity contribution in [2.75, 3.05) is 0 Å². The highest BCUT2D eigenvalue weighted by molar-refractivity contribution is 7.11. The van der Waals surface area contributed by atoms with Gasteiger partial charge in [-0.25, -0.2) is 0 Å². The number of rotatable bonds is 1. The third-order valence-electron chi connectivity index (χ3n) is 8.29. The van der Waals surface area contributed by atoms with E-state index in [2.05, 4.69) is 30.5 Å². The zero-order chi connectivity index (χ0) is 16.3. The van der Waals surface area contributed by atoms with E-state index < -0.39 is 0 Å². The van der Waals surface area contributed by atoms with E-state index in [1.807, 2.05) is 11.3 Å². The third-order valence-corrected chi connectivity index (χ3v) is 9.20. The van der Waals surface area contributed by atoms with E-state index >= 15 is 0 Å². The maximum atomic E-state index is 10.1. The molecule has 0 spiro atoms. The number of aliphatic hydroxyl groups excluding tert-OH is 1. The lowest BCUT2D eigenvalue weighted by Gasteiger charge is -2.55. The Bertz CT molecular complexity index is 632. The zero-order valence-corrected chi connectivity index (χ0v) is 15.6. The molecule has 0 aromatic carbocycles. The second kappa shape index (κ2) is 5.71. The lowest BCUT2D eigenvalue weighted by molar-refractivity contribution is -0.0588. The summed E-state index contributed by atoms with van der Waals surface area (Å²) in [4.78, 5) is 1.52. The number of fused-ring (bicyclic) bond motifs is 5. The number of aliphatic hydroxyl groups is 1. The Morgan fingerprint density at radius 2 is 1.96 bits per heavy atom. The largest absolute Gasteiger partial charge is 0.393 e. The van der Waals surface area contributed by atoms with Gasteiger partial charge in [0.15, 0.2) is 0 Å². The van der Waals surface area contributed by atoms with Gasteiger partial charge in [0, 0.05) is 4.88 Å². The van der Waals surface area contributed by atoms with Crippen LogP contribution in [-0.2, 0) is 0 Å². The molecule has 2 heteroatoms. The maximum absolute atomic E-state index is 10.1. The van der Waals surface area contributed by atoms with Crippen LogP contribution in [0.4, 0.5) is 0 Å². The van der Waals surface area contributed by atoms with Gasteiger partial charge in [0.25, 0.3) is 0 Å². The van der Waals surface area contributed by atoms with Gasteiger partial charge < -0.3 is 5.11 Å². The van der Waals surface area contributed by atoms with Crippen molar-refractivity contribution in [3.63, 3.8) is 0 Å². The van der Waals surface area contributed by atoms with Crippen molar-refractivity contribution in [1.82, 2.24) is 0 Å². The van der Waals surface area contributed by atoms with Gasteiger partial charge in [0.05, 0.1) is 6.10 Å². The number of thiophene rings is 1. The highest BCUT2D eigenvalue weighted by Gasteiger charge is 2.54. The highest BCUT2D eigenvalue weighted by atomic mass is 32.1. The fraction of sp³-hybridized carbons (Fsp3) is 0.727. The van der Waals surface area contributed by atoms with Crippen LogP contribution in [0.25, 0.3) is 5.57 Å². The van der Waals surface area contributed by atoms with Crippen molar-refractivity contribution in [1.29, 1.82) is 0 Å². The molecule has 4 aliphatic carbocycles. The summed E-state index contributed by atoms with van der Waals surface area (Å²) in [5, 5.41) is 12.3. The van der Waals surface area contributed by atoms with Crippen molar-refractivity contribution in [2.45, 2.75) is 64.4 Å². The van der Waals surface area contributed by atoms with Gasteiger partial charge in [0.2, 0.25) is 0 Å². The van der Waals surface area contributed by atoms with Crippen LogP contribution in [0.5, 0.6) is 0 Å². The minimum absolute atomic E-state index is 0.00441. The van der Waals surface area contributed by atoms with Crippen molar-refractivity contribution in [3.8, 4) is 0 Å². The Morgan fingerprint density at radius 1 is 1.08 bits per heavy atom. The minimum Gasteiger partial charge on any atom is -0.393 e. The normalized spacial score (nSPS) is 47.5. The third kappa shape index (κ3) is 2.22. The lowest BCUT2D eigenvalue weighted by Crippen LogP contribution is -2.48. The second-order valence-corrected chi connectivity index (χ2v) is 10.1. The van der Waals surface area contributed by atoms with Crippen LogP contribution in [-0.4, -0.2) is 11.2 Å². The quantitative estimate of drug-likeness (QED) is 0.688. The van der Waals surface area contributed by atoms with E-state index in [0.717, 1.165) is 42.4 Å². The smallest absolute Gasteiger partial charge is 0.0543 e. The van der Waals surface area contributed by atoms with Gasteiger partial charge >= 0.3 is 0 Å². The number of hydrogen-bond acceptors (Lipinski definition) is 2. The van der Waals surface area contributed by atoms with Gasteiger partial charge in [-0.3, -0.25) is 0 Å². The summed E-state index contributed by atoms with van der Waals surface area (Å²) in [5.41, 5.74) is 2.09. The maximum Gasteiger partial charge on any atom is 0.0543 e. The Kier molecular flexibility index (Phi) is 3.72. The minimum atomic E-state index is -0.00441. The van der Waals surface area contributed by atoms with E-state index in [9.17, 15) is 5.11 Å². The Labute approximate surface area is 150 Å². The SMILES string of the molecule is C[C@]12CC[C@H]3[C@@H](CC[C@@H]4C[C@H](O)CC[C@@H]43)[C@@H]1CC=C2c1cccs1. The summed E-state index contributed by atoms with van der Waals surface area (Å²) in [5.74, 6) is 4.51. The van der Waals surface area contributed by atoms with E-state index in [1.165, 1.54) is 43.4 Å². The fourth-order valence-corrected chi connectivity index (χ4v) is 8.11. The van der Waals surface area contributed by atoms with E-state index in [-0.39, 0.29) is 6.10 Å². The van der Waals surface area contributed by atoms with Gasteiger partial charge in [-0.1, -0.05) is 19.1 Å².